The Morgan fingerprint density at radius 3 is 2.77 bits per heavy atom. The van der Waals surface area contributed by atoms with Gasteiger partial charge < -0.3 is 20.1 Å². The first-order valence-corrected chi connectivity index (χ1v) is 8.49. The second-order valence-corrected chi connectivity index (χ2v) is 6.18. The SMILES string of the molecule is CN=C(NCCc1nc2ccccc2[nH]1)NCc1cc(C(C)C)no1.I. The molecule has 0 aliphatic rings. The Morgan fingerprint density at radius 2 is 2.08 bits per heavy atom. The first-order valence-electron chi connectivity index (χ1n) is 8.49. The van der Waals surface area contributed by atoms with Crippen molar-refractivity contribution in [3.8, 4) is 0 Å². The van der Waals surface area contributed by atoms with Crippen molar-refractivity contribution < 1.29 is 4.52 Å². The molecule has 0 fully saturated rings. The highest BCUT2D eigenvalue weighted by atomic mass is 127. The maximum absolute atomic E-state index is 5.32. The molecule has 0 atom stereocenters. The van der Waals surface area contributed by atoms with Crippen LogP contribution in [0, 0.1) is 0 Å². The van der Waals surface area contributed by atoms with Crippen molar-refractivity contribution in [2.24, 2.45) is 4.99 Å². The van der Waals surface area contributed by atoms with Crippen molar-refractivity contribution in [3.63, 3.8) is 0 Å². The topological polar surface area (TPSA) is 91.1 Å². The number of H-pyrrole nitrogens is 1. The van der Waals surface area contributed by atoms with E-state index in [0.717, 1.165) is 47.2 Å². The number of aromatic amines is 1. The number of guanidine groups is 1. The number of benzene rings is 1. The molecule has 0 aliphatic heterocycles. The zero-order valence-electron chi connectivity index (χ0n) is 15.2. The summed E-state index contributed by atoms with van der Waals surface area (Å²) in [5.41, 5.74) is 3.02. The van der Waals surface area contributed by atoms with E-state index in [1.807, 2.05) is 30.3 Å². The smallest absolute Gasteiger partial charge is 0.191 e. The maximum Gasteiger partial charge on any atom is 0.191 e. The predicted octanol–water partition coefficient (Wildman–Crippen LogP) is 3.20. The van der Waals surface area contributed by atoms with Crippen LogP contribution in [0.15, 0.2) is 39.8 Å². The summed E-state index contributed by atoms with van der Waals surface area (Å²) >= 11 is 0. The molecule has 1 aromatic carbocycles. The molecule has 0 bridgehead atoms. The fraction of sp³-hybridized carbons (Fsp3) is 0.389. The Balaban J connectivity index is 0.00000243. The van der Waals surface area contributed by atoms with Gasteiger partial charge in [0.25, 0.3) is 0 Å². The lowest BCUT2D eigenvalue weighted by Gasteiger charge is -2.09. The molecule has 7 nitrogen and oxygen atoms in total. The van der Waals surface area contributed by atoms with Gasteiger partial charge in [0, 0.05) is 26.1 Å². The summed E-state index contributed by atoms with van der Waals surface area (Å²) in [7, 11) is 1.75. The van der Waals surface area contributed by atoms with Crippen LogP contribution in [0.25, 0.3) is 11.0 Å². The summed E-state index contributed by atoms with van der Waals surface area (Å²) in [5, 5.41) is 10.6. The number of imidazole rings is 1. The molecule has 2 aromatic heterocycles. The minimum absolute atomic E-state index is 0. The molecule has 3 N–H and O–H groups in total. The summed E-state index contributed by atoms with van der Waals surface area (Å²) in [6.07, 6.45) is 0.787. The first-order chi connectivity index (χ1) is 12.2. The summed E-state index contributed by atoms with van der Waals surface area (Å²) in [6, 6.07) is 10.0. The van der Waals surface area contributed by atoms with E-state index in [4.69, 9.17) is 4.52 Å². The lowest BCUT2D eigenvalue weighted by molar-refractivity contribution is 0.372. The van der Waals surface area contributed by atoms with Gasteiger partial charge >= 0.3 is 0 Å². The van der Waals surface area contributed by atoms with Crippen LogP contribution in [0.2, 0.25) is 0 Å². The molecule has 26 heavy (non-hydrogen) atoms. The van der Waals surface area contributed by atoms with Gasteiger partial charge in [0.05, 0.1) is 23.3 Å². The third-order valence-electron chi connectivity index (χ3n) is 3.92. The van der Waals surface area contributed by atoms with Gasteiger partial charge in [0.2, 0.25) is 0 Å². The van der Waals surface area contributed by atoms with Gasteiger partial charge in [-0.2, -0.15) is 0 Å². The van der Waals surface area contributed by atoms with Crippen molar-refractivity contribution >= 4 is 41.0 Å². The van der Waals surface area contributed by atoms with E-state index in [1.54, 1.807) is 7.05 Å². The second kappa shape index (κ2) is 9.56. The highest BCUT2D eigenvalue weighted by Gasteiger charge is 2.08. The van der Waals surface area contributed by atoms with Crippen LogP contribution in [0.3, 0.4) is 0 Å². The fourth-order valence-corrected chi connectivity index (χ4v) is 2.50. The van der Waals surface area contributed by atoms with Crippen molar-refractivity contribution in [3.05, 3.63) is 47.6 Å². The largest absolute Gasteiger partial charge is 0.359 e. The van der Waals surface area contributed by atoms with Crippen LogP contribution in [0.1, 0.15) is 37.0 Å². The Labute approximate surface area is 170 Å². The second-order valence-electron chi connectivity index (χ2n) is 6.18. The van der Waals surface area contributed by atoms with E-state index in [-0.39, 0.29) is 24.0 Å². The lowest BCUT2D eigenvalue weighted by atomic mass is 10.1. The van der Waals surface area contributed by atoms with E-state index in [9.17, 15) is 0 Å². The van der Waals surface area contributed by atoms with Crippen molar-refractivity contribution in [2.75, 3.05) is 13.6 Å². The van der Waals surface area contributed by atoms with Gasteiger partial charge in [-0.05, 0) is 18.1 Å². The minimum Gasteiger partial charge on any atom is -0.359 e. The number of hydrogen-bond donors (Lipinski definition) is 3. The van der Waals surface area contributed by atoms with Gasteiger partial charge in [0.1, 0.15) is 5.82 Å². The third-order valence-corrected chi connectivity index (χ3v) is 3.92. The molecule has 0 spiro atoms. The molecule has 8 heteroatoms. The Bertz CT molecular complexity index is 821. The van der Waals surface area contributed by atoms with Gasteiger partial charge in [-0.15, -0.1) is 24.0 Å². The number of aromatic nitrogens is 3. The van der Waals surface area contributed by atoms with E-state index in [2.05, 4.69) is 44.6 Å². The van der Waals surface area contributed by atoms with Crippen LogP contribution in [-0.2, 0) is 13.0 Å². The van der Waals surface area contributed by atoms with Gasteiger partial charge in [-0.3, -0.25) is 4.99 Å². The number of aliphatic imine (C=N–C) groups is 1. The number of hydrogen-bond acceptors (Lipinski definition) is 4. The van der Waals surface area contributed by atoms with Crippen LogP contribution >= 0.6 is 24.0 Å². The van der Waals surface area contributed by atoms with Crippen molar-refractivity contribution in [1.29, 1.82) is 0 Å². The summed E-state index contributed by atoms with van der Waals surface area (Å²) in [4.78, 5) is 12.1. The molecule has 3 rings (SSSR count). The van der Waals surface area contributed by atoms with Crippen LogP contribution < -0.4 is 10.6 Å². The van der Waals surface area contributed by atoms with Crippen LogP contribution in [0.4, 0.5) is 0 Å². The molecule has 2 heterocycles. The van der Waals surface area contributed by atoms with Gasteiger partial charge in [0.15, 0.2) is 11.7 Å². The molecule has 3 aromatic rings. The summed E-state index contributed by atoms with van der Waals surface area (Å²) in [6.45, 7) is 5.46. The maximum atomic E-state index is 5.32. The number of fused-ring (bicyclic) bond motifs is 1. The minimum atomic E-state index is 0. The molecule has 0 amide bonds. The standard InChI is InChI=1S/C18H24N6O.HI/c1-12(2)16-10-13(25-24-16)11-21-18(19-3)20-9-8-17-22-14-6-4-5-7-15(14)23-17;/h4-7,10,12H,8-9,11H2,1-3H3,(H,22,23)(H2,19,20,21);1H. The molecule has 0 saturated heterocycles. The number of para-hydroxylation sites is 2. The van der Waals surface area contributed by atoms with Gasteiger partial charge in [-0.25, -0.2) is 4.98 Å². The van der Waals surface area contributed by atoms with Crippen LogP contribution in [-0.4, -0.2) is 34.7 Å². The zero-order valence-corrected chi connectivity index (χ0v) is 17.6. The molecule has 140 valence electrons. The third kappa shape index (κ3) is 5.20. The number of nitrogens with zero attached hydrogens (tertiary/aromatic N) is 3. The zero-order chi connectivity index (χ0) is 17.6. The molecular formula is C18H25IN6O. The normalized spacial score (nSPS) is 11.6. The molecule has 0 unspecified atom stereocenters. The van der Waals surface area contributed by atoms with Crippen molar-refractivity contribution in [1.82, 2.24) is 25.8 Å². The number of nitrogens with one attached hydrogen (secondary N) is 3. The Kier molecular flexibility index (Phi) is 7.43. The van der Waals surface area contributed by atoms with E-state index in [0.29, 0.717) is 12.5 Å². The lowest BCUT2D eigenvalue weighted by Crippen LogP contribution is -2.37. The van der Waals surface area contributed by atoms with Crippen LogP contribution in [0.5, 0.6) is 0 Å². The van der Waals surface area contributed by atoms with E-state index < -0.39 is 0 Å². The Morgan fingerprint density at radius 1 is 1.27 bits per heavy atom. The highest BCUT2D eigenvalue weighted by molar-refractivity contribution is 14.0. The number of rotatable bonds is 6. The molecule has 0 radical (unpaired) electrons. The average molecular weight is 468 g/mol. The average Bonchev–Trinajstić information content (AvgIpc) is 3.24. The molecular weight excluding hydrogens is 443 g/mol. The summed E-state index contributed by atoms with van der Waals surface area (Å²) in [5.74, 6) is 2.84. The predicted molar refractivity (Wildman–Crippen MR) is 114 cm³/mol. The van der Waals surface area contributed by atoms with E-state index in [1.165, 1.54) is 0 Å². The quantitative estimate of drug-likeness (QED) is 0.294. The highest BCUT2D eigenvalue weighted by Crippen LogP contribution is 2.13. The van der Waals surface area contributed by atoms with E-state index >= 15 is 0 Å². The first kappa shape index (κ1) is 20.2. The summed E-state index contributed by atoms with van der Waals surface area (Å²) < 4.78 is 5.32. The fourth-order valence-electron chi connectivity index (χ4n) is 2.50. The van der Waals surface area contributed by atoms with Gasteiger partial charge in [-0.1, -0.05) is 31.1 Å². The number of halogens is 1. The molecule has 0 aliphatic carbocycles. The molecule has 0 saturated carbocycles. The van der Waals surface area contributed by atoms with Crippen molar-refractivity contribution in [2.45, 2.75) is 32.7 Å². The monoisotopic (exact) mass is 468 g/mol. The Hall–Kier alpha value is -2.10.